The highest BCUT2D eigenvalue weighted by atomic mass is 17.2. The van der Waals surface area contributed by atoms with Gasteiger partial charge in [0.05, 0.1) is 39.6 Å². The van der Waals surface area contributed by atoms with E-state index in [2.05, 4.69) is 51.3 Å². The van der Waals surface area contributed by atoms with E-state index in [1.165, 1.54) is 20.5 Å². The lowest BCUT2D eigenvalue weighted by molar-refractivity contribution is -0.282. The van der Waals surface area contributed by atoms with Crippen molar-refractivity contribution in [1.82, 2.24) is 0 Å². The number of aryl methyl sites for hydroxylation is 4. The standard InChI is InChI=1S/C59H72O16/c1-13-72-74-35-70-54-38(4)24-46(28-42(54)32-61)59(48-26-40(6)56(50(30-48)65-10)71-36-75-73-14-2)21-17-44(18-22-59)57(7,8)43-15-19-58(20-16-43,45-23-37(3)53(41(27-45)31-60)68-33-51(62)66-11)47-25-39(5)55(49(29-47)64-9)69-34-52(63)67-12/h13-14,23-32,43-44H,1-2,15-22,33-36H2,3-12H3. The molecule has 4 aromatic carbocycles. The molecule has 0 aromatic heterocycles. The van der Waals surface area contributed by atoms with Gasteiger partial charge in [-0.05, 0) is 165 Å². The highest BCUT2D eigenvalue weighted by Crippen LogP contribution is 2.58. The van der Waals surface area contributed by atoms with E-state index >= 15 is 0 Å². The van der Waals surface area contributed by atoms with Crippen LogP contribution in [0.4, 0.5) is 0 Å². The van der Waals surface area contributed by atoms with Gasteiger partial charge < -0.3 is 47.7 Å². The van der Waals surface area contributed by atoms with Gasteiger partial charge in [0.2, 0.25) is 13.6 Å². The Morgan fingerprint density at radius 1 is 0.533 bits per heavy atom. The number of benzene rings is 4. The van der Waals surface area contributed by atoms with Crippen LogP contribution in [0.5, 0.6) is 34.5 Å². The van der Waals surface area contributed by atoms with E-state index in [1.807, 2.05) is 52.0 Å². The van der Waals surface area contributed by atoms with Gasteiger partial charge in [-0.3, -0.25) is 9.59 Å². The summed E-state index contributed by atoms with van der Waals surface area (Å²) in [4.78, 5) is 69.6. The molecule has 0 heterocycles. The van der Waals surface area contributed by atoms with E-state index < -0.39 is 22.8 Å². The van der Waals surface area contributed by atoms with E-state index in [0.29, 0.717) is 63.0 Å². The smallest absolute Gasteiger partial charge is 0.343 e. The van der Waals surface area contributed by atoms with E-state index in [1.54, 1.807) is 14.2 Å². The normalized spacial score (nSPS) is 19.4. The van der Waals surface area contributed by atoms with Crippen molar-refractivity contribution >= 4 is 24.5 Å². The summed E-state index contributed by atoms with van der Waals surface area (Å²) in [5, 5.41) is 0. The number of carbonyl (C=O) groups is 4. The highest BCUT2D eigenvalue weighted by molar-refractivity contribution is 5.82. The summed E-state index contributed by atoms with van der Waals surface area (Å²) in [6, 6.07) is 16.2. The van der Waals surface area contributed by atoms with Gasteiger partial charge in [0.1, 0.15) is 24.0 Å². The number of hydrogen-bond acceptors (Lipinski definition) is 16. The molecule has 2 aliphatic rings. The molecule has 0 N–H and O–H groups in total. The van der Waals surface area contributed by atoms with E-state index in [-0.39, 0.29) is 32.2 Å². The maximum atomic E-state index is 12.8. The Hall–Kier alpha value is -7.04. The van der Waals surface area contributed by atoms with Crippen LogP contribution in [0.3, 0.4) is 0 Å². The zero-order chi connectivity index (χ0) is 54.5. The van der Waals surface area contributed by atoms with Crippen LogP contribution in [0.2, 0.25) is 0 Å². The predicted molar refractivity (Wildman–Crippen MR) is 279 cm³/mol. The molecule has 0 bridgehead atoms. The Morgan fingerprint density at radius 3 is 1.23 bits per heavy atom. The monoisotopic (exact) mass is 1040 g/mol. The second-order valence-corrected chi connectivity index (χ2v) is 19.9. The lowest BCUT2D eigenvalue weighted by atomic mass is 9.53. The van der Waals surface area contributed by atoms with Crippen molar-refractivity contribution in [2.24, 2.45) is 17.3 Å². The Kier molecular flexibility index (Phi) is 19.4. The predicted octanol–water partition coefficient (Wildman–Crippen LogP) is 11.2. The molecule has 0 aliphatic heterocycles. The molecule has 2 saturated carbocycles. The molecule has 0 radical (unpaired) electrons. The van der Waals surface area contributed by atoms with Crippen molar-refractivity contribution in [2.75, 3.05) is 55.2 Å². The van der Waals surface area contributed by atoms with Crippen molar-refractivity contribution < 1.29 is 76.6 Å². The number of carbonyl (C=O) groups excluding carboxylic acids is 4. The highest BCUT2D eigenvalue weighted by Gasteiger charge is 2.49. The van der Waals surface area contributed by atoms with Crippen LogP contribution in [0.1, 0.15) is 130 Å². The molecule has 75 heavy (non-hydrogen) atoms. The molecule has 4 aromatic rings. The maximum absolute atomic E-state index is 12.8. The summed E-state index contributed by atoms with van der Waals surface area (Å²) >= 11 is 0. The number of esters is 2. The van der Waals surface area contributed by atoms with Crippen LogP contribution in [-0.4, -0.2) is 79.7 Å². The number of aldehydes is 2. The van der Waals surface area contributed by atoms with Crippen LogP contribution < -0.4 is 28.4 Å². The fraction of sp³-hybridized carbons (Fsp3) is 0.458. The summed E-state index contributed by atoms with van der Waals surface area (Å²) in [6.07, 6.45) is 10.4. The van der Waals surface area contributed by atoms with Gasteiger partial charge in [0, 0.05) is 10.8 Å². The molecule has 16 nitrogen and oxygen atoms in total. The average Bonchev–Trinajstić information content (AvgIpc) is 3.42. The number of rotatable bonds is 26. The van der Waals surface area contributed by atoms with Crippen molar-refractivity contribution in [1.29, 1.82) is 0 Å². The SMILES string of the molecule is C=COOCOc1c(C)cc(C2(c3cc(C)c(OCOOC=C)c(OC)c3)CCC(C(C)(C)C3CCC(c4cc(C)c(OCC(=O)OC)c(C=O)c4)(c4cc(C)c(OCC(=O)OC)c(OC)c4)CC3)CC2)cc1C=O. The third kappa shape index (κ3) is 12.4. The number of methoxy groups -OCH3 is 4. The lowest BCUT2D eigenvalue weighted by Crippen LogP contribution is -2.43. The minimum absolute atomic E-state index is 0.110. The van der Waals surface area contributed by atoms with Crippen LogP contribution in [0, 0.1) is 44.9 Å². The van der Waals surface area contributed by atoms with Gasteiger partial charge in [-0.2, -0.15) is 0 Å². The van der Waals surface area contributed by atoms with Crippen LogP contribution in [0.15, 0.2) is 74.2 Å². The van der Waals surface area contributed by atoms with Crippen molar-refractivity contribution in [3.8, 4) is 34.5 Å². The molecule has 2 aliphatic carbocycles. The van der Waals surface area contributed by atoms with Gasteiger partial charge >= 0.3 is 11.9 Å². The molecule has 0 amide bonds. The minimum Gasteiger partial charge on any atom is -0.493 e. The van der Waals surface area contributed by atoms with E-state index in [0.717, 1.165) is 109 Å². The van der Waals surface area contributed by atoms with Gasteiger partial charge in [-0.1, -0.05) is 51.3 Å². The molecule has 0 spiro atoms. The van der Waals surface area contributed by atoms with Crippen LogP contribution >= 0.6 is 0 Å². The third-order valence-corrected chi connectivity index (χ3v) is 15.7. The van der Waals surface area contributed by atoms with Gasteiger partial charge in [-0.25, -0.2) is 9.59 Å². The second kappa shape index (κ2) is 25.5. The zero-order valence-electron chi connectivity index (χ0n) is 45.0. The fourth-order valence-corrected chi connectivity index (χ4v) is 11.7. The van der Waals surface area contributed by atoms with Crippen molar-refractivity contribution in [3.63, 3.8) is 0 Å². The lowest BCUT2D eigenvalue weighted by Gasteiger charge is -2.52. The van der Waals surface area contributed by atoms with Crippen LogP contribution in [-0.2, 0) is 49.4 Å². The van der Waals surface area contributed by atoms with Gasteiger partial charge in [0.25, 0.3) is 0 Å². The molecule has 0 atom stereocenters. The summed E-state index contributed by atoms with van der Waals surface area (Å²) in [7, 11) is 5.76. The van der Waals surface area contributed by atoms with Crippen molar-refractivity contribution in [3.05, 3.63) is 130 Å². The van der Waals surface area contributed by atoms with Crippen LogP contribution in [0.25, 0.3) is 0 Å². The first-order chi connectivity index (χ1) is 36.0. The minimum atomic E-state index is -0.580. The van der Waals surface area contributed by atoms with E-state index in [4.69, 9.17) is 57.4 Å². The summed E-state index contributed by atoms with van der Waals surface area (Å²) in [6.45, 7) is 18.4. The largest absolute Gasteiger partial charge is 0.493 e. The first-order valence-electron chi connectivity index (χ1n) is 25.0. The Balaban J connectivity index is 1.36. The Morgan fingerprint density at radius 2 is 0.867 bits per heavy atom. The zero-order valence-corrected chi connectivity index (χ0v) is 45.0. The van der Waals surface area contributed by atoms with Gasteiger partial charge in [-0.15, -0.1) is 9.78 Å². The average molecular weight is 1040 g/mol. The molecular formula is C59H72O16. The summed E-state index contributed by atoms with van der Waals surface area (Å²) in [5.74, 6) is 2.25. The molecule has 2 fully saturated rings. The van der Waals surface area contributed by atoms with Gasteiger partial charge in [0.15, 0.2) is 48.8 Å². The molecule has 0 unspecified atom stereocenters. The Bertz CT molecular complexity index is 2690. The quantitative estimate of drug-likeness (QED) is 0.0110. The summed E-state index contributed by atoms with van der Waals surface area (Å²) in [5.41, 5.74) is 6.50. The van der Waals surface area contributed by atoms with Crippen molar-refractivity contribution in [2.45, 2.75) is 104 Å². The molecule has 16 heteroatoms. The molecule has 0 saturated heterocycles. The topological polar surface area (TPSA) is 179 Å². The molecule has 6 rings (SSSR count). The summed E-state index contributed by atoms with van der Waals surface area (Å²) < 4.78 is 45.3. The second-order valence-electron chi connectivity index (χ2n) is 19.9. The number of ether oxygens (including phenoxy) is 8. The fourth-order valence-electron chi connectivity index (χ4n) is 11.7. The molecular weight excluding hydrogens is 965 g/mol. The molecule has 404 valence electrons. The number of hydrogen-bond donors (Lipinski definition) is 0. The first-order valence-corrected chi connectivity index (χ1v) is 25.0. The maximum Gasteiger partial charge on any atom is 0.343 e. The van der Waals surface area contributed by atoms with E-state index in [9.17, 15) is 19.2 Å². The first kappa shape index (κ1) is 57.2. The Labute approximate surface area is 440 Å². The third-order valence-electron chi connectivity index (χ3n) is 15.7.